The SMILES string of the molecule is COc1ccc(C(=O)c2ncc(C)c3cc(OC)c(OC)cc23)cc1. The number of methoxy groups -OCH3 is 3. The van der Waals surface area contributed by atoms with Gasteiger partial charge in [-0.2, -0.15) is 0 Å². The van der Waals surface area contributed by atoms with E-state index in [0.29, 0.717) is 28.5 Å². The number of benzene rings is 2. The first kappa shape index (κ1) is 16.8. The molecule has 5 heteroatoms. The summed E-state index contributed by atoms with van der Waals surface area (Å²) >= 11 is 0. The molecule has 1 aromatic heterocycles. The predicted octanol–water partition coefficient (Wildman–Crippen LogP) is 3.80. The number of pyridine rings is 1. The molecule has 0 amide bonds. The third-order valence-electron chi connectivity index (χ3n) is 4.16. The molecule has 0 N–H and O–H groups in total. The molecule has 0 aliphatic carbocycles. The third-order valence-corrected chi connectivity index (χ3v) is 4.16. The molecule has 0 aliphatic heterocycles. The van der Waals surface area contributed by atoms with Crippen LogP contribution in [0.2, 0.25) is 0 Å². The van der Waals surface area contributed by atoms with Crippen molar-refractivity contribution in [3.8, 4) is 17.2 Å². The Morgan fingerprint density at radius 3 is 2.04 bits per heavy atom. The molecule has 2 aromatic carbocycles. The summed E-state index contributed by atoms with van der Waals surface area (Å²) in [7, 11) is 4.74. The molecule has 3 rings (SSSR count). The maximum Gasteiger partial charge on any atom is 0.211 e. The van der Waals surface area contributed by atoms with Gasteiger partial charge in [0.05, 0.1) is 21.3 Å². The summed E-state index contributed by atoms with van der Waals surface area (Å²) < 4.78 is 15.9. The average Bonchev–Trinajstić information content (AvgIpc) is 2.67. The molecule has 25 heavy (non-hydrogen) atoms. The van der Waals surface area contributed by atoms with Crippen molar-refractivity contribution in [3.63, 3.8) is 0 Å². The van der Waals surface area contributed by atoms with Crippen molar-refractivity contribution >= 4 is 16.6 Å². The van der Waals surface area contributed by atoms with Crippen LogP contribution in [0.5, 0.6) is 17.2 Å². The number of hydrogen-bond acceptors (Lipinski definition) is 5. The molecule has 128 valence electrons. The zero-order valence-corrected chi connectivity index (χ0v) is 14.6. The minimum Gasteiger partial charge on any atom is -0.497 e. The summed E-state index contributed by atoms with van der Waals surface area (Å²) in [6.45, 7) is 1.95. The van der Waals surface area contributed by atoms with Crippen molar-refractivity contribution in [1.29, 1.82) is 0 Å². The molecule has 5 nitrogen and oxygen atoms in total. The third kappa shape index (κ3) is 3.01. The van der Waals surface area contributed by atoms with Crippen molar-refractivity contribution in [2.45, 2.75) is 6.92 Å². The second kappa shape index (κ2) is 6.81. The topological polar surface area (TPSA) is 57.7 Å². The summed E-state index contributed by atoms with van der Waals surface area (Å²) in [5.41, 5.74) is 1.89. The average molecular weight is 337 g/mol. The largest absolute Gasteiger partial charge is 0.497 e. The number of aromatic nitrogens is 1. The van der Waals surface area contributed by atoms with Crippen molar-refractivity contribution in [3.05, 3.63) is 59.4 Å². The molecule has 0 spiro atoms. The molecular weight excluding hydrogens is 318 g/mol. The summed E-state index contributed by atoms with van der Waals surface area (Å²) in [6, 6.07) is 10.6. The van der Waals surface area contributed by atoms with Crippen molar-refractivity contribution in [2.75, 3.05) is 21.3 Å². The van der Waals surface area contributed by atoms with E-state index < -0.39 is 0 Å². The van der Waals surface area contributed by atoms with E-state index in [-0.39, 0.29) is 5.78 Å². The van der Waals surface area contributed by atoms with Crippen LogP contribution in [-0.4, -0.2) is 32.1 Å². The lowest BCUT2D eigenvalue weighted by Gasteiger charge is -2.13. The Morgan fingerprint density at radius 1 is 0.880 bits per heavy atom. The Kier molecular flexibility index (Phi) is 4.57. The maximum absolute atomic E-state index is 12.9. The van der Waals surface area contributed by atoms with E-state index in [1.807, 2.05) is 13.0 Å². The van der Waals surface area contributed by atoms with Gasteiger partial charge in [0, 0.05) is 17.1 Å². The molecule has 0 bridgehead atoms. The summed E-state index contributed by atoms with van der Waals surface area (Å²) in [5, 5.41) is 1.64. The van der Waals surface area contributed by atoms with E-state index in [0.717, 1.165) is 16.3 Å². The molecule has 0 fully saturated rings. The fraction of sp³-hybridized carbons (Fsp3) is 0.200. The Labute approximate surface area is 146 Å². The number of carbonyl (C=O) groups is 1. The maximum atomic E-state index is 12.9. The first-order valence-corrected chi connectivity index (χ1v) is 7.79. The van der Waals surface area contributed by atoms with Crippen LogP contribution in [0, 0.1) is 6.92 Å². The molecule has 0 aliphatic rings. The van der Waals surface area contributed by atoms with E-state index >= 15 is 0 Å². The zero-order valence-electron chi connectivity index (χ0n) is 14.6. The van der Waals surface area contributed by atoms with Crippen molar-refractivity contribution in [1.82, 2.24) is 4.98 Å². The van der Waals surface area contributed by atoms with Crippen LogP contribution in [0.1, 0.15) is 21.6 Å². The number of ether oxygens (including phenoxy) is 3. The van der Waals surface area contributed by atoms with Gasteiger partial charge in [-0.05, 0) is 54.3 Å². The zero-order chi connectivity index (χ0) is 18.0. The number of ketones is 1. The molecule has 0 saturated carbocycles. The molecule has 0 unspecified atom stereocenters. The number of aryl methyl sites for hydroxylation is 1. The smallest absolute Gasteiger partial charge is 0.211 e. The monoisotopic (exact) mass is 337 g/mol. The highest BCUT2D eigenvalue weighted by Gasteiger charge is 2.18. The number of hydrogen-bond donors (Lipinski definition) is 0. The van der Waals surface area contributed by atoms with Crippen LogP contribution in [0.15, 0.2) is 42.6 Å². The lowest BCUT2D eigenvalue weighted by molar-refractivity contribution is 0.103. The van der Waals surface area contributed by atoms with Crippen molar-refractivity contribution < 1.29 is 19.0 Å². The minimum absolute atomic E-state index is 0.153. The van der Waals surface area contributed by atoms with Gasteiger partial charge in [-0.15, -0.1) is 0 Å². The highest BCUT2D eigenvalue weighted by atomic mass is 16.5. The predicted molar refractivity (Wildman–Crippen MR) is 96.0 cm³/mol. The van der Waals surface area contributed by atoms with Gasteiger partial charge in [-0.1, -0.05) is 0 Å². The van der Waals surface area contributed by atoms with Crippen LogP contribution in [0.25, 0.3) is 10.8 Å². The van der Waals surface area contributed by atoms with Gasteiger partial charge in [-0.25, -0.2) is 0 Å². The lowest BCUT2D eigenvalue weighted by atomic mass is 9.99. The highest BCUT2D eigenvalue weighted by molar-refractivity contribution is 6.15. The Balaban J connectivity index is 2.17. The van der Waals surface area contributed by atoms with Crippen LogP contribution in [-0.2, 0) is 0 Å². The van der Waals surface area contributed by atoms with Crippen LogP contribution in [0.4, 0.5) is 0 Å². The fourth-order valence-corrected chi connectivity index (χ4v) is 2.76. The van der Waals surface area contributed by atoms with E-state index in [1.165, 1.54) is 0 Å². The number of carbonyl (C=O) groups excluding carboxylic acids is 1. The van der Waals surface area contributed by atoms with Gasteiger partial charge in [0.15, 0.2) is 11.5 Å². The lowest BCUT2D eigenvalue weighted by Crippen LogP contribution is -2.06. The van der Waals surface area contributed by atoms with Gasteiger partial charge in [0.1, 0.15) is 11.4 Å². The summed E-state index contributed by atoms with van der Waals surface area (Å²) in [6.07, 6.45) is 1.70. The standard InChI is InChI=1S/C20H19NO4/c1-12-11-21-19(20(22)13-5-7-14(23-2)8-6-13)16-10-18(25-4)17(24-3)9-15(12)16/h5-11H,1-4H3. The summed E-state index contributed by atoms with van der Waals surface area (Å²) in [5.74, 6) is 1.72. The molecule has 3 aromatic rings. The van der Waals surface area contributed by atoms with Crippen molar-refractivity contribution in [2.24, 2.45) is 0 Å². The molecule has 0 saturated heterocycles. The highest BCUT2D eigenvalue weighted by Crippen LogP contribution is 2.35. The molecule has 0 radical (unpaired) electrons. The molecule has 0 atom stereocenters. The summed E-state index contributed by atoms with van der Waals surface area (Å²) in [4.78, 5) is 17.3. The van der Waals surface area contributed by atoms with E-state index in [1.54, 1.807) is 57.9 Å². The van der Waals surface area contributed by atoms with Gasteiger partial charge < -0.3 is 14.2 Å². The van der Waals surface area contributed by atoms with Gasteiger partial charge >= 0.3 is 0 Å². The quantitative estimate of drug-likeness (QED) is 0.663. The van der Waals surface area contributed by atoms with Crippen LogP contribution >= 0.6 is 0 Å². The number of nitrogens with zero attached hydrogens (tertiary/aromatic N) is 1. The first-order chi connectivity index (χ1) is 12.1. The fourth-order valence-electron chi connectivity index (χ4n) is 2.76. The van der Waals surface area contributed by atoms with Gasteiger partial charge in [-0.3, -0.25) is 9.78 Å². The second-order valence-corrected chi connectivity index (χ2v) is 5.60. The van der Waals surface area contributed by atoms with Gasteiger partial charge in [0.2, 0.25) is 5.78 Å². The molecule has 1 heterocycles. The Bertz CT molecular complexity index is 933. The second-order valence-electron chi connectivity index (χ2n) is 5.60. The van der Waals surface area contributed by atoms with Crippen LogP contribution in [0.3, 0.4) is 0 Å². The minimum atomic E-state index is -0.153. The van der Waals surface area contributed by atoms with E-state index in [2.05, 4.69) is 4.98 Å². The van der Waals surface area contributed by atoms with E-state index in [4.69, 9.17) is 14.2 Å². The Morgan fingerprint density at radius 2 is 1.48 bits per heavy atom. The van der Waals surface area contributed by atoms with E-state index in [9.17, 15) is 4.79 Å². The number of fused-ring (bicyclic) bond motifs is 1. The molecular formula is C20H19NO4. The normalized spacial score (nSPS) is 10.6. The van der Waals surface area contributed by atoms with Crippen LogP contribution < -0.4 is 14.2 Å². The Hall–Kier alpha value is -3.08. The first-order valence-electron chi connectivity index (χ1n) is 7.79. The number of rotatable bonds is 5. The van der Waals surface area contributed by atoms with Gasteiger partial charge in [0.25, 0.3) is 0 Å².